The maximum Gasteiger partial charge on any atom is 0.350 e. The highest BCUT2D eigenvalue weighted by molar-refractivity contribution is 6.03. The number of ether oxygens (including phenoxy) is 7. The number of aromatic carboxylic acids is 1. The van der Waals surface area contributed by atoms with Crippen LogP contribution in [0.4, 0.5) is 5.69 Å². The number of Topliss-reactive ketones (excluding diaryl/α,β-unsaturated/α-hetero) is 2. The average molecular weight is 1510 g/mol. The van der Waals surface area contributed by atoms with Crippen molar-refractivity contribution >= 4 is 76.8 Å². The van der Waals surface area contributed by atoms with Crippen molar-refractivity contribution in [1.82, 2.24) is 5.32 Å². The van der Waals surface area contributed by atoms with Gasteiger partial charge in [-0.3, -0.25) is 38.4 Å². The molecule has 0 unspecified atom stereocenters. The van der Waals surface area contributed by atoms with Gasteiger partial charge in [-0.1, -0.05) is 207 Å². The Bertz CT molecular complexity index is 4120. The van der Waals surface area contributed by atoms with Gasteiger partial charge in [-0.05, 0) is 109 Å². The molecule has 1 aliphatic heterocycles. The number of unbranched alkanes of at least 4 members (excludes halogenated alkanes) is 15. The summed E-state index contributed by atoms with van der Waals surface area (Å²) in [5, 5.41) is 42.1. The van der Waals surface area contributed by atoms with Crippen molar-refractivity contribution in [2.45, 2.75) is 243 Å². The van der Waals surface area contributed by atoms with E-state index in [-0.39, 0.29) is 46.2 Å². The van der Waals surface area contributed by atoms with E-state index < -0.39 is 174 Å². The lowest BCUT2D eigenvalue weighted by molar-refractivity contribution is -0.346. The van der Waals surface area contributed by atoms with Gasteiger partial charge in [-0.15, -0.1) is 0 Å². The van der Waals surface area contributed by atoms with E-state index in [0.29, 0.717) is 17.7 Å². The summed E-state index contributed by atoms with van der Waals surface area (Å²) < 4.78 is 44.0. The summed E-state index contributed by atoms with van der Waals surface area (Å²) in [5.41, 5.74) is -7.36. The minimum atomic E-state index is -2.69. The number of ketones is 2. The number of carboxylic acids is 2. The standard InChI is InChI=1S/C86H102N2O22/c1-54-65(106-82(102)75(73(59-33-25-21-26-34-59)88-79(98)60-35-27-22-28-36-60)108-71(96)51-68(92)87-63-46-42-57(43-47-63)32-24-19-17-15-13-11-9-7-8-10-12-14-16-18-20-31-39-69(93)94)52-86(103)78(109-81(101)62-37-29-23-30-38-62)76-84(6,77(97)74(105-55(2)89)72(54)83(86,4)5)66(50-67-85(76,53-104-67)110-56(3)90)107-70(95)49-64(91)48-58-40-44-61(45-41-58)80(99)100/h21-23,25-30,33-38,40-47,65-67,73-76,78,103H,7-20,24,31-32,39,48-53H2,1-6H3,(H,87,92)(H,88,98)(H,93,94)(H,99,100)/p-2/t65-,66-,67+,73-,74+,75+,76-,78-,84+,85-,86+/m0/s1. The number of benzene rings is 5. The fourth-order valence-corrected chi connectivity index (χ4v) is 16.2. The predicted molar refractivity (Wildman–Crippen MR) is 396 cm³/mol. The molecule has 1 heterocycles. The topological polar surface area (TPSA) is 360 Å². The van der Waals surface area contributed by atoms with Gasteiger partial charge < -0.3 is 68.7 Å². The molecule has 110 heavy (non-hydrogen) atoms. The Morgan fingerprint density at radius 2 is 1.15 bits per heavy atom. The quantitative estimate of drug-likeness (QED) is 0.0108. The van der Waals surface area contributed by atoms with Gasteiger partial charge in [0.05, 0.1) is 29.5 Å². The average Bonchev–Trinajstić information content (AvgIpc) is 0.667. The summed E-state index contributed by atoms with van der Waals surface area (Å²) in [6.07, 6.45) is 4.37. The van der Waals surface area contributed by atoms with Crippen LogP contribution in [0.25, 0.3) is 0 Å². The smallest absolute Gasteiger partial charge is 0.350 e. The van der Waals surface area contributed by atoms with E-state index in [0.717, 1.165) is 64.4 Å². The molecule has 0 aromatic heterocycles. The molecule has 24 nitrogen and oxygen atoms in total. The van der Waals surface area contributed by atoms with Gasteiger partial charge in [-0.2, -0.15) is 0 Å². The van der Waals surface area contributed by atoms with Crippen LogP contribution < -0.4 is 20.8 Å². The maximum atomic E-state index is 16.7. The Morgan fingerprint density at radius 3 is 1.68 bits per heavy atom. The SMILES string of the molecule is CC(=O)O[C@H]1C(=O)[C@]2(C)[C@@H](OC(=O)CC(=O)Cc3ccc(C(=O)[O-])cc3)C[C@H]3OC[C@@]3(OC(C)=O)[C@H]2[C@H](OC(=O)c2ccccc2)[C@]2(O)C[C@H](OC(=O)[C@H](OC(=O)CC(=O)Nc3ccc(CCCCCCCCCCCCCCCCCCC(=O)[O-])cc3)[C@@H](NC(=O)c3ccccc3)c3ccccc3)C(C)=C1C2(C)C. The van der Waals surface area contributed by atoms with Gasteiger partial charge in [0, 0.05) is 55.7 Å². The third-order valence-electron chi connectivity index (χ3n) is 22.0. The van der Waals surface area contributed by atoms with E-state index in [1.807, 2.05) is 12.1 Å². The second kappa shape index (κ2) is 38.4. The van der Waals surface area contributed by atoms with E-state index in [9.17, 15) is 58.5 Å². The predicted octanol–water partition coefficient (Wildman–Crippen LogP) is 10.4. The van der Waals surface area contributed by atoms with E-state index >= 15 is 14.4 Å². The van der Waals surface area contributed by atoms with E-state index in [1.54, 1.807) is 66.7 Å². The van der Waals surface area contributed by atoms with Crippen LogP contribution in [0, 0.1) is 16.7 Å². The zero-order valence-corrected chi connectivity index (χ0v) is 63.4. The lowest BCUT2D eigenvalue weighted by Crippen LogP contribution is -2.82. The van der Waals surface area contributed by atoms with Crippen LogP contribution in [0.2, 0.25) is 0 Å². The van der Waals surface area contributed by atoms with Crippen LogP contribution in [0.3, 0.4) is 0 Å². The number of esters is 6. The second-order valence-electron chi connectivity index (χ2n) is 30.1. The molecular weight excluding hydrogens is 1410 g/mol. The first-order chi connectivity index (χ1) is 52.6. The zero-order chi connectivity index (χ0) is 79.3. The molecule has 5 aromatic rings. The minimum Gasteiger partial charge on any atom is -0.550 e. The normalized spacial score (nSPS) is 22.8. The van der Waals surface area contributed by atoms with Gasteiger partial charge in [0.25, 0.3) is 5.91 Å². The fourth-order valence-electron chi connectivity index (χ4n) is 16.2. The van der Waals surface area contributed by atoms with Crippen LogP contribution in [0.15, 0.2) is 151 Å². The van der Waals surface area contributed by atoms with Crippen molar-refractivity contribution in [2.24, 2.45) is 16.7 Å². The molecule has 0 radical (unpaired) electrons. The number of fused-ring (bicyclic) bond motifs is 5. The summed E-state index contributed by atoms with van der Waals surface area (Å²) in [6.45, 7) is 7.31. The number of aliphatic carboxylic acids is 1. The van der Waals surface area contributed by atoms with Crippen LogP contribution in [0.1, 0.15) is 230 Å². The number of carbonyl (C=O) groups is 12. The number of carboxylic acid groups (broad SMARTS) is 2. The number of aryl methyl sites for hydroxylation is 1. The van der Waals surface area contributed by atoms with Gasteiger partial charge in [0.15, 0.2) is 17.5 Å². The molecular formula is C86H100N2O22-2. The molecule has 3 aliphatic carbocycles. The van der Waals surface area contributed by atoms with Crippen molar-refractivity contribution in [2.75, 3.05) is 11.9 Å². The van der Waals surface area contributed by atoms with Crippen molar-refractivity contribution in [3.63, 3.8) is 0 Å². The second-order valence-corrected chi connectivity index (χ2v) is 30.1. The number of hydrogen-bond acceptors (Lipinski definition) is 22. The van der Waals surface area contributed by atoms with Crippen molar-refractivity contribution in [1.29, 1.82) is 0 Å². The number of amides is 2. The number of aliphatic hydroxyl groups is 1. The molecule has 3 N–H and O–H groups in total. The first kappa shape index (κ1) is 83.8. The molecule has 588 valence electrons. The van der Waals surface area contributed by atoms with Crippen LogP contribution >= 0.6 is 0 Å². The highest BCUT2D eigenvalue weighted by Gasteiger charge is 2.79. The van der Waals surface area contributed by atoms with Crippen LogP contribution in [0.5, 0.6) is 0 Å². The maximum absolute atomic E-state index is 16.7. The summed E-state index contributed by atoms with van der Waals surface area (Å²) in [4.78, 5) is 168. The Labute approximate surface area is 641 Å². The Morgan fingerprint density at radius 1 is 0.600 bits per heavy atom. The van der Waals surface area contributed by atoms with Crippen LogP contribution in [-0.2, 0) is 89.2 Å². The molecule has 2 saturated carbocycles. The summed E-state index contributed by atoms with van der Waals surface area (Å²) in [5.74, 6) is -14.4. The number of nitrogens with one attached hydrogen (secondary N) is 2. The van der Waals surface area contributed by atoms with E-state index in [2.05, 4.69) is 10.6 Å². The number of rotatable bonds is 39. The van der Waals surface area contributed by atoms with E-state index in [1.165, 1.54) is 146 Å². The Hall–Kier alpha value is -10.2. The first-order valence-corrected chi connectivity index (χ1v) is 38.2. The first-order valence-electron chi connectivity index (χ1n) is 38.2. The number of anilines is 1. The lowest BCUT2D eigenvalue weighted by atomic mass is 9.44. The molecule has 11 atom stereocenters. The molecule has 3 fully saturated rings. The molecule has 1 saturated heterocycles. The van der Waals surface area contributed by atoms with Crippen LogP contribution in [-0.4, -0.2) is 131 Å². The molecule has 2 bridgehead atoms. The zero-order valence-electron chi connectivity index (χ0n) is 63.4. The number of hydrogen-bond donors (Lipinski definition) is 3. The molecule has 5 aromatic carbocycles. The van der Waals surface area contributed by atoms with Gasteiger partial charge >= 0.3 is 35.8 Å². The fraction of sp³-hybridized carbons (Fsp3) is 0.488. The van der Waals surface area contributed by atoms with Crippen molar-refractivity contribution < 1.29 is 106 Å². The summed E-state index contributed by atoms with van der Waals surface area (Å²) in [6, 6.07) is 34.2. The minimum absolute atomic E-state index is 0.0133. The molecule has 0 spiro atoms. The summed E-state index contributed by atoms with van der Waals surface area (Å²) >= 11 is 0. The molecule has 9 rings (SSSR count). The van der Waals surface area contributed by atoms with E-state index in [4.69, 9.17) is 33.2 Å². The monoisotopic (exact) mass is 1510 g/mol. The van der Waals surface area contributed by atoms with Gasteiger partial charge in [0.1, 0.15) is 54.7 Å². The number of carbonyl (C=O) groups excluding carboxylic acids is 12. The molecule has 24 heteroatoms. The summed E-state index contributed by atoms with van der Waals surface area (Å²) in [7, 11) is 0. The van der Waals surface area contributed by atoms with Gasteiger partial charge in [0.2, 0.25) is 12.0 Å². The highest BCUT2D eigenvalue weighted by atomic mass is 16.6. The molecule has 2 amide bonds. The largest absolute Gasteiger partial charge is 0.550 e. The molecule has 4 aliphatic rings. The Balaban J connectivity index is 0.978. The van der Waals surface area contributed by atoms with Gasteiger partial charge in [-0.25, -0.2) is 9.59 Å². The lowest BCUT2D eigenvalue weighted by Gasteiger charge is -2.67. The van der Waals surface area contributed by atoms with Crippen molar-refractivity contribution in [3.8, 4) is 0 Å². The Kier molecular flexibility index (Phi) is 29.3. The highest BCUT2D eigenvalue weighted by Crippen LogP contribution is 2.65. The van der Waals surface area contributed by atoms with Crippen molar-refractivity contribution in [3.05, 3.63) is 184 Å². The third kappa shape index (κ3) is 20.8. The third-order valence-corrected chi connectivity index (χ3v) is 22.0.